The van der Waals surface area contributed by atoms with Gasteiger partial charge in [-0.3, -0.25) is 4.79 Å². The van der Waals surface area contributed by atoms with Crippen LogP contribution in [0.15, 0.2) is 0 Å². The van der Waals surface area contributed by atoms with Crippen molar-refractivity contribution in [2.24, 2.45) is 0 Å². The van der Waals surface area contributed by atoms with Crippen molar-refractivity contribution < 1.29 is 28.8 Å². The van der Waals surface area contributed by atoms with Crippen LogP contribution >= 0.6 is 7.82 Å². The molecule has 0 heterocycles. The quantitative estimate of drug-likeness (QED) is 0.429. The van der Waals surface area contributed by atoms with Crippen molar-refractivity contribution in [3.05, 3.63) is 0 Å². The summed E-state index contributed by atoms with van der Waals surface area (Å²) in [7, 11) is -4.64. The van der Waals surface area contributed by atoms with Crippen molar-refractivity contribution >= 4 is 13.8 Å². The van der Waals surface area contributed by atoms with Crippen LogP contribution in [0.5, 0.6) is 0 Å². The number of ether oxygens (including phenoxy) is 1. The largest absolute Gasteiger partial charge is 0.466 e. The average Bonchev–Trinajstić information content (AvgIpc) is 1.79. The molecule has 0 aromatic heterocycles. The molecule has 0 atom stereocenters. The molecule has 0 saturated carbocycles. The molecule has 0 aromatic carbocycles. The van der Waals surface area contributed by atoms with Crippen molar-refractivity contribution in [2.75, 3.05) is 6.61 Å². The number of carbonyl (C=O) groups is 1. The molecule has 0 rings (SSSR count). The van der Waals surface area contributed by atoms with Gasteiger partial charge in [0.1, 0.15) is 0 Å². The van der Waals surface area contributed by atoms with E-state index in [1.54, 1.807) is 0 Å². The molecule has 0 aliphatic carbocycles. The third kappa shape index (κ3) is 55.0. The smallest absolute Gasteiger partial charge is 0.466 e. The summed E-state index contributed by atoms with van der Waals surface area (Å²) in [6.07, 6.45) is 0.902. The lowest BCUT2D eigenvalue weighted by atomic mass is 10.5. The zero-order valence-electron chi connectivity index (χ0n) is 6.93. The first-order valence-electron chi connectivity index (χ1n) is 3.19. The Balaban J connectivity index is 0. The summed E-state index contributed by atoms with van der Waals surface area (Å²) in [5.74, 6) is -0.193. The number of carbonyl (C=O) groups excluding carboxylic acids is 1. The first-order valence-corrected chi connectivity index (χ1v) is 4.75. The second-order valence-electron chi connectivity index (χ2n) is 1.85. The van der Waals surface area contributed by atoms with Crippen LogP contribution < -0.4 is 0 Å². The van der Waals surface area contributed by atoms with Crippen molar-refractivity contribution in [3.63, 3.8) is 0 Å². The standard InChI is InChI=1S/C5H10O2.H3O4P/c1-3-4-7-5(2)6;1-5(2,3)4/h3-4H2,1-2H3;(H3,1,2,3,4). The molecule has 0 radical (unpaired) electrons. The molecule has 0 spiro atoms. The van der Waals surface area contributed by atoms with Crippen LogP contribution in [0.4, 0.5) is 0 Å². The molecule has 3 N–H and O–H groups in total. The Morgan fingerprint density at radius 2 is 1.75 bits per heavy atom. The highest BCUT2D eigenvalue weighted by Gasteiger charge is 2.00. The Bertz CT molecular complexity index is 153. The first-order chi connectivity index (χ1) is 5.27. The van der Waals surface area contributed by atoms with Gasteiger partial charge in [0.25, 0.3) is 0 Å². The SMILES string of the molecule is CCCOC(C)=O.O=P(O)(O)O. The maximum absolute atomic E-state index is 9.98. The lowest BCUT2D eigenvalue weighted by molar-refractivity contribution is -0.140. The Morgan fingerprint density at radius 1 is 1.42 bits per heavy atom. The number of esters is 1. The maximum Gasteiger partial charge on any atom is 0.466 e. The van der Waals surface area contributed by atoms with E-state index in [1.165, 1.54) is 6.92 Å². The maximum atomic E-state index is 9.98. The minimum absolute atomic E-state index is 0.193. The molecule has 0 aliphatic rings. The molecule has 7 heteroatoms. The minimum atomic E-state index is -4.64. The molecule has 6 nitrogen and oxygen atoms in total. The zero-order valence-corrected chi connectivity index (χ0v) is 7.82. The van der Waals surface area contributed by atoms with E-state index in [0.29, 0.717) is 6.61 Å². The van der Waals surface area contributed by atoms with E-state index in [4.69, 9.17) is 19.2 Å². The predicted molar refractivity (Wildman–Crippen MR) is 41.2 cm³/mol. The molecule has 0 fully saturated rings. The van der Waals surface area contributed by atoms with Gasteiger partial charge in [0, 0.05) is 6.92 Å². The predicted octanol–water partition coefficient (Wildman–Crippen LogP) is 0.0309. The van der Waals surface area contributed by atoms with E-state index in [0.717, 1.165) is 6.42 Å². The molecule has 0 bridgehead atoms. The van der Waals surface area contributed by atoms with Crippen LogP contribution in [0.25, 0.3) is 0 Å². The van der Waals surface area contributed by atoms with E-state index in [2.05, 4.69) is 4.74 Å². The molecule has 12 heavy (non-hydrogen) atoms. The molecule has 0 unspecified atom stereocenters. The average molecular weight is 200 g/mol. The third-order valence-corrected chi connectivity index (χ3v) is 0.509. The minimum Gasteiger partial charge on any atom is -0.466 e. The zero-order chi connectivity index (χ0) is 10.2. The molecule has 0 aliphatic heterocycles. The first kappa shape index (κ1) is 14.1. The number of hydrogen-bond acceptors (Lipinski definition) is 3. The highest BCUT2D eigenvalue weighted by Crippen LogP contribution is 2.25. The van der Waals surface area contributed by atoms with Gasteiger partial charge in [0.15, 0.2) is 0 Å². The van der Waals surface area contributed by atoms with Crippen molar-refractivity contribution in [3.8, 4) is 0 Å². The Morgan fingerprint density at radius 3 is 1.83 bits per heavy atom. The lowest BCUT2D eigenvalue weighted by Crippen LogP contribution is -1.98. The summed E-state index contributed by atoms with van der Waals surface area (Å²) in [5.41, 5.74) is 0. The fraction of sp³-hybridized carbons (Fsp3) is 0.800. The van der Waals surface area contributed by atoms with Gasteiger partial charge in [-0.25, -0.2) is 4.57 Å². The molecular formula is C5H13O6P. The van der Waals surface area contributed by atoms with E-state index < -0.39 is 7.82 Å². The molecule has 0 aromatic rings. The van der Waals surface area contributed by atoms with Crippen LogP contribution in [-0.4, -0.2) is 27.3 Å². The van der Waals surface area contributed by atoms with Crippen LogP contribution in [0, 0.1) is 0 Å². The van der Waals surface area contributed by atoms with E-state index in [-0.39, 0.29) is 5.97 Å². The molecular weight excluding hydrogens is 187 g/mol. The molecule has 74 valence electrons. The number of hydrogen-bond donors (Lipinski definition) is 3. The van der Waals surface area contributed by atoms with Gasteiger partial charge < -0.3 is 19.4 Å². The fourth-order valence-corrected chi connectivity index (χ4v) is 0.246. The second kappa shape index (κ2) is 7.24. The van der Waals surface area contributed by atoms with Crippen LogP contribution in [-0.2, 0) is 14.1 Å². The molecule has 0 saturated heterocycles. The topological polar surface area (TPSA) is 104 Å². The monoisotopic (exact) mass is 200 g/mol. The fourth-order valence-electron chi connectivity index (χ4n) is 0.246. The highest BCUT2D eigenvalue weighted by atomic mass is 31.2. The normalized spacial score (nSPS) is 9.75. The van der Waals surface area contributed by atoms with Crippen LogP contribution in [0.3, 0.4) is 0 Å². The van der Waals surface area contributed by atoms with E-state index in [1.807, 2.05) is 6.92 Å². The van der Waals surface area contributed by atoms with Gasteiger partial charge in [0.2, 0.25) is 0 Å². The van der Waals surface area contributed by atoms with Gasteiger partial charge in [0.05, 0.1) is 6.61 Å². The van der Waals surface area contributed by atoms with Gasteiger partial charge in [-0.05, 0) is 6.42 Å². The van der Waals surface area contributed by atoms with E-state index >= 15 is 0 Å². The van der Waals surface area contributed by atoms with Gasteiger partial charge in [-0.15, -0.1) is 0 Å². The van der Waals surface area contributed by atoms with Gasteiger partial charge in [-0.2, -0.15) is 0 Å². The second-order valence-corrected chi connectivity index (χ2v) is 2.88. The summed E-state index contributed by atoms with van der Waals surface area (Å²) in [6, 6.07) is 0. The number of rotatable bonds is 2. The Hall–Kier alpha value is -0.420. The van der Waals surface area contributed by atoms with Crippen LogP contribution in [0.2, 0.25) is 0 Å². The van der Waals surface area contributed by atoms with Gasteiger partial charge in [-0.1, -0.05) is 6.92 Å². The Kier molecular flexibility index (Phi) is 8.52. The summed E-state index contributed by atoms with van der Waals surface area (Å²) < 4.78 is 13.4. The Labute approximate surface area is 70.4 Å². The van der Waals surface area contributed by atoms with Crippen molar-refractivity contribution in [1.29, 1.82) is 0 Å². The highest BCUT2D eigenvalue weighted by molar-refractivity contribution is 7.45. The van der Waals surface area contributed by atoms with Crippen LogP contribution in [0.1, 0.15) is 20.3 Å². The molecule has 0 amide bonds. The van der Waals surface area contributed by atoms with Crippen molar-refractivity contribution in [1.82, 2.24) is 0 Å². The summed E-state index contributed by atoms with van der Waals surface area (Å²) in [4.78, 5) is 31.5. The summed E-state index contributed by atoms with van der Waals surface area (Å²) in [6.45, 7) is 3.92. The summed E-state index contributed by atoms with van der Waals surface area (Å²) in [5, 5.41) is 0. The third-order valence-electron chi connectivity index (χ3n) is 0.509. The van der Waals surface area contributed by atoms with E-state index in [9.17, 15) is 4.79 Å². The lowest BCUT2D eigenvalue weighted by Gasteiger charge is -1.93. The van der Waals surface area contributed by atoms with Gasteiger partial charge >= 0.3 is 13.8 Å². The van der Waals surface area contributed by atoms with Crippen molar-refractivity contribution in [2.45, 2.75) is 20.3 Å². The number of phosphoric acid groups is 1. The summed E-state index contributed by atoms with van der Waals surface area (Å²) >= 11 is 0.